The van der Waals surface area contributed by atoms with Gasteiger partial charge in [-0.15, -0.1) is 0 Å². The fourth-order valence-electron chi connectivity index (χ4n) is 1.84. The van der Waals surface area contributed by atoms with E-state index < -0.39 is 5.97 Å². The Kier molecular flexibility index (Phi) is 4.39. The van der Waals surface area contributed by atoms with Crippen molar-refractivity contribution in [2.24, 2.45) is 0 Å². The SMILES string of the molecule is CCOC(=O)c1ccc(N2CCOCC2=O)cc1Cl. The third kappa shape index (κ3) is 3.05. The molecule has 1 aliphatic heterocycles. The maximum Gasteiger partial charge on any atom is 0.339 e. The van der Waals surface area contributed by atoms with Crippen LogP contribution in [0, 0.1) is 0 Å². The number of esters is 1. The Bertz CT molecular complexity index is 503. The van der Waals surface area contributed by atoms with Gasteiger partial charge in [0.2, 0.25) is 0 Å². The number of morpholine rings is 1. The van der Waals surface area contributed by atoms with Crippen LogP contribution in [0.3, 0.4) is 0 Å². The monoisotopic (exact) mass is 283 g/mol. The predicted octanol–water partition coefficient (Wildman–Crippen LogP) is 1.88. The molecule has 0 spiro atoms. The fourth-order valence-corrected chi connectivity index (χ4v) is 2.09. The second-order valence-corrected chi connectivity index (χ2v) is 4.39. The molecule has 1 fully saturated rings. The average Bonchev–Trinajstić information content (AvgIpc) is 2.39. The number of nitrogens with zero attached hydrogens (tertiary/aromatic N) is 1. The summed E-state index contributed by atoms with van der Waals surface area (Å²) in [7, 11) is 0. The zero-order chi connectivity index (χ0) is 13.8. The molecule has 102 valence electrons. The van der Waals surface area contributed by atoms with E-state index in [0.717, 1.165) is 0 Å². The van der Waals surface area contributed by atoms with Crippen molar-refractivity contribution in [2.75, 3.05) is 31.3 Å². The Morgan fingerprint density at radius 2 is 2.32 bits per heavy atom. The van der Waals surface area contributed by atoms with E-state index in [1.807, 2.05) is 0 Å². The summed E-state index contributed by atoms with van der Waals surface area (Å²) in [6, 6.07) is 4.84. The molecule has 1 heterocycles. The Morgan fingerprint density at radius 1 is 1.53 bits per heavy atom. The van der Waals surface area contributed by atoms with E-state index in [1.165, 1.54) is 0 Å². The molecule has 0 aliphatic carbocycles. The van der Waals surface area contributed by atoms with E-state index in [-0.39, 0.29) is 17.5 Å². The van der Waals surface area contributed by atoms with Gasteiger partial charge in [0.05, 0.1) is 23.8 Å². The lowest BCUT2D eigenvalue weighted by Gasteiger charge is -2.27. The first-order chi connectivity index (χ1) is 9.13. The van der Waals surface area contributed by atoms with Crippen LogP contribution in [0.15, 0.2) is 18.2 Å². The van der Waals surface area contributed by atoms with Gasteiger partial charge in [0, 0.05) is 12.2 Å². The molecule has 0 radical (unpaired) electrons. The van der Waals surface area contributed by atoms with Crippen LogP contribution in [0.1, 0.15) is 17.3 Å². The summed E-state index contributed by atoms with van der Waals surface area (Å²) in [6.45, 7) is 3.06. The van der Waals surface area contributed by atoms with Crippen molar-refractivity contribution >= 4 is 29.2 Å². The number of rotatable bonds is 3. The van der Waals surface area contributed by atoms with Crippen molar-refractivity contribution in [3.05, 3.63) is 28.8 Å². The van der Waals surface area contributed by atoms with Gasteiger partial charge in [0.1, 0.15) is 6.61 Å². The van der Waals surface area contributed by atoms with Gasteiger partial charge in [-0.25, -0.2) is 4.79 Å². The zero-order valence-electron chi connectivity index (χ0n) is 10.5. The van der Waals surface area contributed by atoms with E-state index in [1.54, 1.807) is 30.0 Å². The zero-order valence-corrected chi connectivity index (χ0v) is 11.3. The number of carbonyl (C=O) groups is 2. The average molecular weight is 284 g/mol. The number of halogens is 1. The summed E-state index contributed by atoms with van der Waals surface area (Å²) >= 11 is 6.06. The van der Waals surface area contributed by atoms with Gasteiger partial charge >= 0.3 is 5.97 Å². The maximum atomic E-state index is 11.7. The molecule has 2 rings (SSSR count). The second kappa shape index (κ2) is 6.04. The van der Waals surface area contributed by atoms with Crippen LogP contribution < -0.4 is 4.90 Å². The minimum atomic E-state index is -0.465. The van der Waals surface area contributed by atoms with Crippen LogP contribution >= 0.6 is 11.6 Å². The largest absolute Gasteiger partial charge is 0.462 e. The Hall–Kier alpha value is -1.59. The second-order valence-electron chi connectivity index (χ2n) is 3.98. The number of hydrogen-bond donors (Lipinski definition) is 0. The molecular weight excluding hydrogens is 270 g/mol. The number of benzene rings is 1. The number of ether oxygens (including phenoxy) is 2. The molecule has 1 amide bonds. The van der Waals surface area contributed by atoms with Gasteiger partial charge in [-0.05, 0) is 25.1 Å². The molecule has 1 saturated heterocycles. The topological polar surface area (TPSA) is 55.8 Å². The lowest BCUT2D eigenvalue weighted by molar-refractivity contribution is -0.125. The molecule has 0 unspecified atom stereocenters. The lowest BCUT2D eigenvalue weighted by atomic mass is 10.2. The predicted molar refractivity (Wildman–Crippen MR) is 70.6 cm³/mol. The van der Waals surface area contributed by atoms with Gasteiger partial charge in [0.15, 0.2) is 0 Å². The molecule has 0 N–H and O–H groups in total. The number of carbonyl (C=O) groups excluding carboxylic acids is 2. The summed E-state index contributed by atoms with van der Waals surface area (Å²) in [5.74, 6) is -0.585. The molecule has 0 bridgehead atoms. The Morgan fingerprint density at radius 3 is 2.95 bits per heavy atom. The van der Waals surface area contributed by atoms with E-state index in [9.17, 15) is 9.59 Å². The molecule has 1 aliphatic rings. The molecule has 0 saturated carbocycles. The highest BCUT2D eigenvalue weighted by Crippen LogP contribution is 2.25. The van der Waals surface area contributed by atoms with E-state index in [0.29, 0.717) is 31.0 Å². The highest BCUT2D eigenvalue weighted by molar-refractivity contribution is 6.34. The van der Waals surface area contributed by atoms with Crippen LogP contribution in [0.4, 0.5) is 5.69 Å². The first-order valence-electron chi connectivity index (χ1n) is 5.98. The summed E-state index contributed by atoms with van der Waals surface area (Å²) in [5.41, 5.74) is 0.958. The molecule has 6 heteroatoms. The van der Waals surface area contributed by atoms with Crippen molar-refractivity contribution in [1.29, 1.82) is 0 Å². The third-order valence-corrected chi connectivity index (χ3v) is 3.06. The molecule has 0 atom stereocenters. The van der Waals surface area contributed by atoms with Gasteiger partial charge in [-0.1, -0.05) is 11.6 Å². The fraction of sp³-hybridized carbons (Fsp3) is 0.385. The van der Waals surface area contributed by atoms with Crippen molar-refractivity contribution in [3.63, 3.8) is 0 Å². The summed E-state index contributed by atoms with van der Waals surface area (Å²) < 4.78 is 9.95. The molecular formula is C13H14ClNO4. The summed E-state index contributed by atoms with van der Waals surface area (Å²) in [5, 5.41) is 0.273. The Balaban J connectivity index is 2.23. The van der Waals surface area contributed by atoms with Crippen molar-refractivity contribution in [3.8, 4) is 0 Å². The van der Waals surface area contributed by atoms with E-state index >= 15 is 0 Å². The van der Waals surface area contributed by atoms with Gasteiger partial charge in [-0.3, -0.25) is 4.79 Å². The molecule has 19 heavy (non-hydrogen) atoms. The third-order valence-electron chi connectivity index (χ3n) is 2.75. The standard InChI is InChI=1S/C13H14ClNO4/c1-2-19-13(17)10-4-3-9(7-11(10)14)15-5-6-18-8-12(15)16/h3-4,7H,2,5-6,8H2,1H3. The first kappa shape index (κ1) is 13.8. The van der Waals surface area contributed by atoms with Crippen LogP contribution in [0.5, 0.6) is 0 Å². The Labute approximate surface area is 116 Å². The highest BCUT2D eigenvalue weighted by Gasteiger charge is 2.21. The van der Waals surface area contributed by atoms with Gasteiger partial charge < -0.3 is 14.4 Å². The van der Waals surface area contributed by atoms with Crippen LogP contribution in [-0.4, -0.2) is 38.2 Å². The first-order valence-corrected chi connectivity index (χ1v) is 6.36. The summed E-state index contributed by atoms with van der Waals surface area (Å²) in [6.07, 6.45) is 0. The van der Waals surface area contributed by atoms with Crippen molar-refractivity contribution in [2.45, 2.75) is 6.92 Å². The lowest BCUT2D eigenvalue weighted by Crippen LogP contribution is -2.41. The summed E-state index contributed by atoms with van der Waals surface area (Å²) in [4.78, 5) is 24.9. The number of amides is 1. The van der Waals surface area contributed by atoms with Crippen molar-refractivity contribution in [1.82, 2.24) is 0 Å². The molecule has 1 aromatic rings. The maximum absolute atomic E-state index is 11.7. The molecule has 0 aromatic heterocycles. The number of hydrogen-bond acceptors (Lipinski definition) is 4. The van der Waals surface area contributed by atoms with Gasteiger partial charge in [0.25, 0.3) is 5.91 Å². The smallest absolute Gasteiger partial charge is 0.339 e. The minimum absolute atomic E-state index is 0.0667. The van der Waals surface area contributed by atoms with Gasteiger partial charge in [-0.2, -0.15) is 0 Å². The molecule has 5 nitrogen and oxygen atoms in total. The van der Waals surface area contributed by atoms with Crippen LogP contribution in [0.25, 0.3) is 0 Å². The minimum Gasteiger partial charge on any atom is -0.462 e. The highest BCUT2D eigenvalue weighted by atomic mass is 35.5. The van der Waals surface area contributed by atoms with Crippen molar-refractivity contribution < 1.29 is 19.1 Å². The van der Waals surface area contributed by atoms with E-state index in [4.69, 9.17) is 21.1 Å². The normalized spacial score (nSPS) is 15.5. The van der Waals surface area contributed by atoms with Crippen LogP contribution in [-0.2, 0) is 14.3 Å². The van der Waals surface area contributed by atoms with Crippen LogP contribution in [0.2, 0.25) is 5.02 Å². The quantitative estimate of drug-likeness (QED) is 0.795. The number of anilines is 1. The van der Waals surface area contributed by atoms with E-state index in [2.05, 4.69) is 0 Å². The molecule has 1 aromatic carbocycles.